The normalized spacial score (nSPS) is 15.1. The molecule has 0 saturated carbocycles. The van der Waals surface area contributed by atoms with Crippen LogP contribution in [0.5, 0.6) is 0 Å². The molecule has 1 heterocycles. The fraction of sp³-hybridized carbons (Fsp3) is 0.636. The predicted octanol–water partition coefficient (Wildman–Crippen LogP) is 3.61. The van der Waals surface area contributed by atoms with E-state index in [4.69, 9.17) is 4.74 Å². The van der Waals surface area contributed by atoms with E-state index in [9.17, 15) is 9.59 Å². The molecule has 0 radical (unpaired) electrons. The zero-order chi connectivity index (χ0) is 21.4. The first kappa shape index (κ1) is 23.0. The average molecular weight is 405 g/mol. The standard InChI is InChI=1S/C22H36N4O3/c1-6-29-17-16-24(5)21(28)26-13-7-12-25(14-15-26)20(27)23-19-10-8-18(9-11-19)22(2,3)4/h8-11H,6-7,12-17H2,1-5H3,(H,23,27). The van der Waals surface area contributed by atoms with Crippen LogP contribution in [0.15, 0.2) is 24.3 Å². The third-order valence-corrected chi connectivity index (χ3v) is 5.16. The number of carbonyl (C=O) groups excluding carboxylic acids is 2. The topological polar surface area (TPSA) is 65.1 Å². The summed E-state index contributed by atoms with van der Waals surface area (Å²) < 4.78 is 5.32. The average Bonchev–Trinajstić information content (AvgIpc) is 2.93. The highest BCUT2D eigenvalue weighted by atomic mass is 16.5. The van der Waals surface area contributed by atoms with Gasteiger partial charge in [-0.2, -0.15) is 0 Å². The van der Waals surface area contributed by atoms with Gasteiger partial charge in [-0.15, -0.1) is 0 Å². The van der Waals surface area contributed by atoms with Crippen LogP contribution in [0.3, 0.4) is 0 Å². The van der Waals surface area contributed by atoms with Gasteiger partial charge >= 0.3 is 12.1 Å². The van der Waals surface area contributed by atoms with Gasteiger partial charge in [0.15, 0.2) is 0 Å². The zero-order valence-electron chi connectivity index (χ0n) is 18.5. The molecule has 0 unspecified atom stereocenters. The van der Waals surface area contributed by atoms with Crippen molar-refractivity contribution in [2.24, 2.45) is 0 Å². The number of nitrogens with zero attached hydrogens (tertiary/aromatic N) is 3. The largest absolute Gasteiger partial charge is 0.380 e. The van der Waals surface area contributed by atoms with Crippen LogP contribution in [-0.4, -0.2) is 79.7 Å². The Morgan fingerprint density at radius 1 is 1.07 bits per heavy atom. The molecule has 0 atom stereocenters. The summed E-state index contributed by atoms with van der Waals surface area (Å²) in [5.74, 6) is 0. The Balaban J connectivity index is 1.86. The fourth-order valence-electron chi connectivity index (χ4n) is 3.25. The van der Waals surface area contributed by atoms with Crippen LogP contribution >= 0.6 is 0 Å². The third-order valence-electron chi connectivity index (χ3n) is 5.16. The minimum Gasteiger partial charge on any atom is -0.380 e. The summed E-state index contributed by atoms with van der Waals surface area (Å²) in [6.07, 6.45) is 0.765. The van der Waals surface area contributed by atoms with Crippen molar-refractivity contribution in [2.75, 3.05) is 58.3 Å². The van der Waals surface area contributed by atoms with Gasteiger partial charge in [0.1, 0.15) is 0 Å². The predicted molar refractivity (Wildman–Crippen MR) is 116 cm³/mol. The highest BCUT2D eigenvalue weighted by Crippen LogP contribution is 2.23. The lowest BCUT2D eigenvalue weighted by Gasteiger charge is -2.27. The fourth-order valence-corrected chi connectivity index (χ4v) is 3.25. The maximum absolute atomic E-state index is 12.7. The molecule has 162 valence electrons. The molecule has 0 bridgehead atoms. The number of urea groups is 2. The van der Waals surface area contributed by atoms with Crippen LogP contribution in [0.2, 0.25) is 0 Å². The van der Waals surface area contributed by atoms with Gasteiger partial charge in [-0.1, -0.05) is 32.9 Å². The molecule has 1 aliphatic rings. The van der Waals surface area contributed by atoms with E-state index < -0.39 is 0 Å². The van der Waals surface area contributed by atoms with Gasteiger partial charge in [0.25, 0.3) is 0 Å². The highest BCUT2D eigenvalue weighted by molar-refractivity contribution is 5.89. The summed E-state index contributed by atoms with van der Waals surface area (Å²) in [6, 6.07) is 7.86. The van der Waals surface area contributed by atoms with Gasteiger partial charge in [0, 0.05) is 52.1 Å². The van der Waals surface area contributed by atoms with E-state index in [1.807, 2.05) is 24.0 Å². The number of nitrogens with one attached hydrogen (secondary N) is 1. The first-order valence-corrected chi connectivity index (χ1v) is 10.5. The molecule has 1 saturated heterocycles. The molecule has 1 aliphatic heterocycles. The second kappa shape index (κ2) is 10.5. The molecule has 0 spiro atoms. The van der Waals surface area contributed by atoms with E-state index in [0.29, 0.717) is 45.9 Å². The van der Waals surface area contributed by atoms with Crippen molar-refractivity contribution in [3.05, 3.63) is 29.8 Å². The monoisotopic (exact) mass is 404 g/mol. The van der Waals surface area contributed by atoms with Crippen LogP contribution in [0.25, 0.3) is 0 Å². The Labute approximate surface area is 175 Å². The number of benzene rings is 1. The molecule has 1 aromatic rings. The summed E-state index contributed by atoms with van der Waals surface area (Å²) in [6.45, 7) is 12.5. The van der Waals surface area contributed by atoms with Crippen molar-refractivity contribution < 1.29 is 14.3 Å². The van der Waals surface area contributed by atoms with Gasteiger partial charge in [0.05, 0.1) is 6.61 Å². The van der Waals surface area contributed by atoms with Crippen LogP contribution in [0, 0.1) is 0 Å². The molecular weight excluding hydrogens is 368 g/mol. The lowest BCUT2D eigenvalue weighted by molar-refractivity contribution is 0.114. The molecule has 29 heavy (non-hydrogen) atoms. The summed E-state index contributed by atoms with van der Waals surface area (Å²) in [5, 5.41) is 2.98. The first-order valence-electron chi connectivity index (χ1n) is 10.5. The number of amides is 4. The number of hydrogen-bond acceptors (Lipinski definition) is 3. The second-order valence-corrected chi connectivity index (χ2v) is 8.49. The third kappa shape index (κ3) is 6.92. The first-order chi connectivity index (χ1) is 13.7. The van der Waals surface area contributed by atoms with Gasteiger partial charge in [-0.05, 0) is 36.5 Å². The molecule has 1 aromatic carbocycles. The van der Waals surface area contributed by atoms with E-state index in [-0.39, 0.29) is 17.5 Å². The summed E-state index contributed by atoms with van der Waals surface area (Å²) >= 11 is 0. The summed E-state index contributed by atoms with van der Waals surface area (Å²) in [7, 11) is 1.79. The van der Waals surface area contributed by atoms with E-state index in [0.717, 1.165) is 12.1 Å². The Morgan fingerprint density at radius 3 is 2.31 bits per heavy atom. The SMILES string of the molecule is CCOCCN(C)C(=O)N1CCCN(C(=O)Nc2ccc(C(C)(C)C)cc2)CC1. The quantitative estimate of drug-likeness (QED) is 0.763. The molecule has 1 fully saturated rings. The van der Waals surface area contributed by atoms with Crippen molar-refractivity contribution in [2.45, 2.75) is 39.5 Å². The summed E-state index contributed by atoms with van der Waals surface area (Å²) in [5.41, 5.74) is 2.10. The molecule has 1 N–H and O–H groups in total. The van der Waals surface area contributed by atoms with E-state index in [2.05, 4.69) is 38.2 Å². The summed E-state index contributed by atoms with van der Waals surface area (Å²) in [4.78, 5) is 30.6. The van der Waals surface area contributed by atoms with Crippen LogP contribution in [-0.2, 0) is 10.2 Å². The van der Waals surface area contributed by atoms with Gasteiger partial charge in [0.2, 0.25) is 0 Å². The van der Waals surface area contributed by atoms with Gasteiger partial charge in [-0.25, -0.2) is 9.59 Å². The number of rotatable bonds is 5. The van der Waals surface area contributed by atoms with Crippen molar-refractivity contribution in [1.29, 1.82) is 0 Å². The lowest BCUT2D eigenvalue weighted by atomic mass is 9.87. The van der Waals surface area contributed by atoms with Crippen molar-refractivity contribution in [3.8, 4) is 0 Å². The van der Waals surface area contributed by atoms with Crippen molar-refractivity contribution >= 4 is 17.7 Å². The Kier molecular flexibility index (Phi) is 8.32. The molecule has 0 aromatic heterocycles. The number of ether oxygens (including phenoxy) is 1. The van der Waals surface area contributed by atoms with Crippen molar-refractivity contribution in [3.63, 3.8) is 0 Å². The second-order valence-electron chi connectivity index (χ2n) is 8.49. The zero-order valence-corrected chi connectivity index (χ0v) is 18.5. The molecular formula is C22H36N4O3. The van der Waals surface area contributed by atoms with E-state index in [1.165, 1.54) is 5.56 Å². The molecule has 7 nitrogen and oxygen atoms in total. The Hall–Kier alpha value is -2.28. The van der Waals surface area contributed by atoms with E-state index in [1.54, 1.807) is 16.8 Å². The van der Waals surface area contributed by atoms with E-state index >= 15 is 0 Å². The number of hydrogen-bond donors (Lipinski definition) is 1. The molecule has 7 heteroatoms. The maximum Gasteiger partial charge on any atom is 0.321 e. The van der Waals surface area contributed by atoms with Gasteiger partial charge < -0.3 is 24.8 Å². The van der Waals surface area contributed by atoms with Crippen LogP contribution < -0.4 is 5.32 Å². The smallest absolute Gasteiger partial charge is 0.321 e. The van der Waals surface area contributed by atoms with Crippen LogP contribution in [0.4, 0.5) is 15.3 Å². The molecule has 0 aliphatic carbocycles. The van der Waals surface area contributed by atoms with Gasteiger partial charge in [-0.3, -0.25) is 0 Å². The molecule has 4 amide bonds. The number of carbonyl (C=O) groups is 2. The highest BCUT2D eigenvalue weighted by Gasteiger charge is 2.24. The Morgan fingerprint density at radius 2 is 1.69 bits per heavy atom. The maximum atomic E-state index is 12.7. The minimum absolute atomic E-state index is 0.00951. The lowest BCUT2D eigenvalue weighted by Crippen LogP contribution is -2.44. The molecule has 2 rings (SSSR count). The number of likely N-dealkylation sites (N-methyl/N-ethyl adjacent to an activating group) is 1. The van der Waals surface area contributed by atoms with Crippen LogP contribution in [0.1, 0.15) is 39.7 Å². The Bertz CT molecular complexity index is 670. The van der Waals surface area contributed by atoms with Crippen molar-refractivity contribution in [1.82, 2.24) is 14.7 Å². The number of anilines is 1. The minimum atomic E-state index is -0.118.